The van der Waals surface area contributed by atoms with Gasteiger partial charge in [0.1, 0.15) is 0 Å². The van der Waals surface area contributed by atoms with Crippen LogP contribution in [0.25, 0.3) is 0 Å². The molecule has 0 aromatic heterocycles. The van der Waals surface area contributed by atoms with Gasteiger partial charge < -0.3 is 15.8 Å². The number of unbranched alkanes of at least 4 members (excludes halogenated alkanes) is 2. The normalized spacial score (nSPS) is 11.5. The Labute approximate surface area is 92.6 Å². The van der Waals surface area contributed by atoms with E-state index >= 15 is 0 Å². The third-order valence-corrected chi connectivity index (χ3v) is 2.09. The van der Waals surface area contributed by atoms with Gasteiger partial charge in [-0.05, 0) is 33.2 Å². The Hall–Kier alpha value is -0.610. The zero-order chi connectivity index (χ0) is 11.7. The lowest BCUT2D eigenvalue weighted by Gasteiger charge is -2.25. The molecule has 0 aliphatic heterocycles. The number of hydrogen-bond donors (Lipinski definition) is 2. The van der Waals surface area contributed by atoms with Gasteiger partial charge in [-0.1, -0.05) is 6.42 Å². The zero-order valence-corrected chi connectivity index (χ0v) is 10.1. The highest BCUT2D eigenvalue weighted by Crippen LogP contribution is 2.04. The Morgan fingerprint density at radius 1 is 1.33 bits per heavy atom. The largest absolute Gasteiger partial charge is 0.382 e. The third kappa shape index (κ3) is 8.39. The van der Waals surface area contributed by atoms with Crippen molar-refractivity contribution in [1.82, 2.24) is 5.32 Å². The molecule has 4 heteroatoms. The first kappa shape index (κ1) is 14.4. The average molecular weight is 216 g/mol. The van der Waals surface area contributed by atoms with Gasteiger partial charge in [-0.2, -0.15) is 0 Å². The van der Waals surface area contributed by atoms with Gasteiger partial charge in [0.2, 0.25) is 5.91 Å². The fraction of sp³-hybridized carbons (Fsp3) is 0.909. The Morgan fingerprint density at radius 2 is 2.00 bits per heavy atom. The highest BCUT2D eigenvalue weighted by molar-refractivity contribution is 5.76. The van der Waals surface area contributed by atoms with E-state index in [0.717, 1.165) is 19.3 Å². The molecule has 0 saturated heterocycles. The summed E-state index contributed by atoms with van der Waals surface area (Å²) in [7, 11) is 1.63. The van der Waals surface area contributed by atoms with Crippen molar-refractivity contribution in [3.05, 3.63) is 0 Å². The molecule has 3 N–H and O–H groups in total. The van der Waals surface area contributed by atoms with E-state index in [4.69, 9.17) is 10.5 Å². The number of methoxy groups -OCH3 is 1. The van der Waals surface area contributed by atoms with Gasteiger partial charge in [0.15, 0.2) is 0 Å². The van der Waals surface area contributed by atoms with E-state index in [1.54, 1.807) is 7.11 Å². The second kappa shape index (κ2) is 7.65. The van der Waals surface area contributed by atoms with Crippen molar-refractivity contribution in [2.24, 2.45) is 5.73 Å². The maximum atomic E-state index is 11.5. The van der Waals surface area contributed by atoms with Crippen molar-refractivity contribution < 1.29 is 9.53 Å². The van der Waals surface area contributed by atoms with Gasteiger partial charge in [0.25, 0.3) is 0 Å². The minimum absolute atomic E-state index is 0.0917. The summed E-state index contributed by atoms with van der Waals surface area (Å²) in [5.41, 5.74) is 5.09. The summed E-state index contributed by atoms with van der Waals surface area (Å²) in [6.45, 7) is 5.14. The summed E-state index contributed by atoms with van der Waals surface area (Å²) < 4.78 is 5.02. The van der Waals surface area contributed by atoms with Crippen molar-refractivity contribution in [1.29, 1.82) is 0 Å². The fourth-order valence-electron chi connectivity index (χ4n) is 1.44. The van der Waals surface area contributed by atoms with Crippen LogP contribution in [-0.4, -0.2) is 31.7 Å². The number of rotatable bonds is 8. The molecule has 0 aromatic carbocycles. The molecule has 0 fully saturated rings. The van der Waals surface area contributed by atoms with Crippen LogP contribution in [0.2, 0.25) is 0 Å². The summed E-state index contributed by atoms with van der Waals surface area (Å²) in [6, 6.07) is 0. The standard InChI is InChI=1S/C11H24N2O2/c1-11(2,9-15-3)13-10(14)7-5-4-6-8-12/h4-9,12H2,1-3H3,(H,13,14). The molecular formula is C11H24N2O2. The Kier molecular flexibility index (Phi) is 7.34. The second-order valence-corrected chi connectivity index (χ2v) is 4.46. The van der Waals surface area contributed by atoms with E-state index in [-0.39, 0.29) is 11.4 Å². The molecule has 0 aliphatic carbocycles. The van der Waals surface area contributed by atoms with Crippen LogP contribution in [-0.2, 0) is 9.53 Å². The lowest BCUT2D eigenvalue weighted by Crippen LogP contribution is -2.46. The van der Waals surface area contributed by atoms with Crippen molar-refractivity contribution >= 4 is 5.91 Å². The summed E-state index contributed by atoms with van der Waals surface area (Å²) in [5.74, 6) is 0.0917. The Balaban J connectivity index is 3.63. The van der Waals surface area contributed by atoms with E-state index in [1.807, 2.05) is 13.8 Å². The molecule has 0 heterocycles. The minimum Gasteiger partial charge on any atom is -0.382 e. The number of hydrogen-bond acceptors (Lipinski definition) is 3. The van der Waals surface area contributed by atoms with Crippen molar-refractivity contribution in [2.45, 2.75) is 45.1 Å². The van der Waals surface area contributed by atoms with Crippen molar-refractivity contribution in [2.75, 3.05) is 20.3 Å². The number of nitrogens with two attached hydrogens (primary N) is 1. The lowest BCUT2D eigenvalue weighted by molar-refractivity contribution is -0.123. The molecule has 0 radical (unpaired) electrons. The second-order valence-electron chi connectivity index (χ2n) is 4.46. The summed E-state index contributed by atoms with van der Waals surface area (Å²) >= 11 is 0. The van der Waals surface area contributed by atoms with Gasteiger partial charge in [0.05, 0.1) is 12.1 Å². The number of carbonyl (C=O) groups excluding carboxylic acids is 1. The number of ether oxygens (including phenoxy) is 1. The van der Waals surface area contributed by atoms with Crippen LogP contribution >= 0.6 is 0 Å². The van der Waals surface area contributed by atoms with Crippen LogP contribution in [0.3, 0.4) is 0 Å². The topological polar surface area (TPSA) is 64.3 Å². The zero-order valence-electron chi connectivity index (χ0n) is 10.1. The minimum atomic E-state index is -0.278. The van der Waals surface area contributed by atoms with Gasteiger partial charge in [0, 0.05) is 13.5 Å². The third-order valence-electron chi connectivity index (χ3n) is 2.09. The van der Waals surface area contributed by atoms with Gasteiger partial charge >= 0.3 is 0 Å². The number of amides is 1. The molecule has 0 rings (SSSR count). The quantitative estimate of drug-likeness (QED) is 0.596. The molecule has 0 atom stereocenters. The van der Waals surface area contributed by atoms with Gasteiger partial charge in [-0.25, -0.2) is 0 Å². The van der Waals surface area contributed by atoms with E-state index < -0.39 is 0 Å². The molecule has 0 unspecified atom stereocenters. The highest BCUT2D eigenvalue weighted by Gasteiger charge is 2.19. The van der Waals surface area contributed by atoms with Gasteiger partial charge in [-0.3, -0.25) is 4.79 Å². The van der Waals surface area contributed by atoms with Crippen molar-refractivity contribution in [3.8, 4) is 0 Å². The molecular weight excluding hydrogens is 192 g/mol. The van der Waals surface area contributed by atoms with Gasteiger partial charge in [-0.15, -0.1) is 0 Å². The van der Waals surface area contributed by atoms with Crippen LogP contribution in [0, 0.1) is 0 Å². The fourth-order valence-corrected chi connectivity index (χ4v) is 1.44. The van der Waals surface area contributed by atoms with Crippen molar-refractivity contribution in [3.63, 3.8) is 0 Å². The average Bonchev–Trinajstić information content (AvgIpc) is 2.11. The Morgan fingerprint density at radius 3 is 2.53 bits per heavy atom. The molecule has 0 saturated carbocycles. The van der Waals surface area contributed by atoms with Crippen LogP contribution in [0.15, 0.2) is 0 Å². The van der Waals surface area contributed by atoms with Crippen LogP contribution in [0.5, 0.6) is 0 Å². The predicted molar refractivity (Wildman–Crippen MR) is 61.6 cm³/mol. The first-order valence-corrected chi connectivity index (χ1v) is 5.52. The monoisotopic (exact) mass is 216 g/mol. The molecule has 0 bridgehead atoms. The lowest BCUT2D eigenvalue weighted by atomic mass is 10.1. The number of nitrogens with one attached hydrogen (secondary N) is 1. The van der Waals surface area contributed by atoms with Crippen LogP contribution in [0.4, 0.5) is 0 Å². The first-order valence-electron chi connectivity index (χ1n) is 5.52. The molecule has 1 amide bonds. The summed E-state index contributed by atoms with van der Waals surface area (Å²) in [5, 5.41) is 2.94. The van der Waals surface area contributed by atoms with E-state index in [9.17, 15) is 4.79 Å². The molecule has 0 spiro atoms. The highest BCUT2D eigenvalue weighted by atomic mass is 16.5. The van der Waals surface area contributed by atoms with Crippen LogP contribution in [0.1, 0.15) is 39.5 Å². The molecule has 90 valence electrons. The number of carbonyl (C=O) groups is 1. The van der Waals surface area contributed by atoms with Crippen LogP contribution < -0.4 is 11.1 Å². The SMILES string of the molecule is COCC(C)(C)NC(=O)CCCCCN. The summed E-state index contributed by atoms with van der Waals surface area (Å²) in [6.07, 6.45) is 3.50. The molecule has 4 nitrogen and oxygen atoms in total. The molecule has 0 aliphatic rings. The summed E-state index contributed by atoms with van der Waals surface area (Å²) in [4.78, 5) is 11.5. The maximum absolute atomic E-state index is 11.5. The molecule has 15 heavy (non-hydrogen) atoms. The van der Waals surface area contributed by atoms with E-state index in [2.05, 4.69) is 5.32 Å². The molecule has 0 aromatic rings. The first-order chi connectivity index (χ1) is 7.02. The maximum Gasteiger partial charge on any atom is 0.220 e. The van der Waals surface area contributed by atoms with E-state index in [1.165, 1.54) is 0 Å². The Bertz CT molecular complexity index is 181. The van der Waals surface area contributed by atoms with E-state index in [0.29, 0.717) is 19.6 Å². The predicted octanol–water partition coefficient (Wildman–Crippen LogP) is 1.05. The smallest absolute Gasteiger partial charge is 0.220 e.